The van der Waals surface area contributed by atoms with Crippen molar-refractivity contribution in [3.8, 4) is 0 Å². The number of nitrogens with zero attached hydrogens (tertiary/aromatic N) is 2. The normalized spacial score (nSPS) is 20.1. The van der Waals surface area contributed by atoms with Gasteiger partial charge in [-0.1, -0.05) is 18.2 Å². The van der Waals surface area contributed by atoms with Crippen LogP contribution in [0.15, 0.2) is 53.4 Å². The van der Waals surface area contributed by atoms with Crippen LogP contribution in [0.1, 0.15) is 6.42 Å². The fourth-order valence-electron chi connectivity index (χ4n) is 3.70. The lowest BCUT2D eigenvalue weighted by atomic mass is 10.1. The summed E-state index contributed by atoms with van der Waals surface area (Å²) in [6.07, 6.45) is -0.0497. The van der Waals surface area contributed by atoms with E-state index in [2.05, 4.69) is 5.32 Å². The Morgan fingerprint density at radius 3 is 2.58 bits per heavy atom. The molecule has 0 radical (unpaired) electrons. The Kier molecular flexibility index (Phi) is 6.03. The standard InChI is InChI=1S/C21H22FN3O5S/c22-18-6-1-2-7-19(18)25-14-15(12-20(25)26)21(27)23-16-4-3-5-17(13-16)31(28,29)24-8-10-30-11-9-24/h1-7,13,15H,8-12,14H2,(H,23,27). The van der Waals surface area contributed by atoms with Gasteiger partial charge in [-0.25, -0.2) is 12.8 Å². The number of halogens is 1. The molecule has 1 unspecified atom stereocenters. The number of sulfonamides is 1. The molecule has 0 bridgehead atoms. The molecule has 4 rings (SSSR count). The van der Waals surface area contributed by atoms with Crippen LogP contribution < -0.4 is 10.2 Å². The molecule has 0 aliphatic carbocycles. The van der Waals surface area contributed by atoms with E-state index in [1.807, 2.05) is 0 Å². The van der Waals surface area contributed by atoms with Gasteiger partial charge < -0.3 is 15.0 Å². The van der Waals surface area contributed by atoms with Crippen LogP contribution in [0.2, 0.25) is 0 Å². The maximum Gasteiger partial charge on any atom is 0.243 e. The molecule has 2 aliphatic heterocycles. The molecule has 2 fully saturated rings. The van der Waals surface area contributed by atoms with Gasteiger partial charge in [0.15, 0.2) is 0 Å². The first-order valence-electron chi connectivity index (χ1n) is 9.90. The molecule has 2 aromatic carbocycles. The van der Waals surface area contributed by atoms with Crippen molar-refractivity contribution in [1.82, 2.24) is 4.31 Å². The second-order valence-electron chi connectivity index (χ2n) is 7.39. The predicted octanol–water partition coefficient (Wildman–Crippen LogP) is 1.84. The number of rotatable bonds is 5. The molecular weight excluding hydrogens is 425 g/mol. The van der Waals surface area contributed by atoms with Gasteiger partial charge in [-0.15, -0.1) is 0 Å². The number of anilines is 2. The minimum atomic E-state index is -3.70. The third-order valence-electron chi connectivity index (χ3n) is 5.35. The number of hydrogen-bond donors (Lipinski definition) is 1. The van der Waals surface area contributed by atoms with Crippen molar-refractivity contribution in [2.24, 2.45) is 5.92 Å². The van der Waals surface area contributed by atoms with E-state index in [0.29, 0.717) is 18.9 Å². The number of carbonyl (C=O) groups is 2. The Bertz CT molecular complexity index is 1100. The van der Waals surface area contributed by atoms with Gasteiger partial charge in [0.05, 0.1) is 29.7 Å². The molecule has 2 amide bonds. The van der Waals surface area contributed by atoms with Gasteiger partial charge in [-0.2, -0.15) is 4.31 Å². The smallest absolute Gasteiger partial charge is 0.243 e. The third-order valence-corrected chi connectivity index (χ3v) is 7.24. The summed E-state index contributed by atoms with van der Waals surface area (Å²) in [4.78, 5) is 26.4. The summed E-state index contributed by atoms with van der Waals surface area (Å²) in [6, 6.07) is 11.9. The number of ether oxygens (including phenoxy) is 1. The van der Waals surface area contributed by atoms with Crippen molar-refractivity contribution in [3.63, 3.8) is 0 Å². The third kappa shape index (κ3) is 4.46. The highest BCUT2D eigenvalue weighted by Crippen LogP contribution is 2.28. The first-order chi connectivity index (χ1) is 14.9. The Balaban J connectivity index is 1.46. The van der Waals surface area contributed by atoms with E-state index in [0.717, 1.165) is 0 Å². The van der Waals surface area contributed by atoms with Crippen molar-refractivity contribution in [3.05, 3.63) is 54.3 Å². The van der Waals surface area contributed by atoms with E-state index in [9.17, 15) is 22.4 Å². The lowest BCUT2D eigenvalue weighted by Crippen LogP contribution is -2.40. The van der Waals surface area contributed by atoms with Crippen LogP contribution in [0.25, 0.3) is 0 Å². The number of morpholine rings is 1. The van der Waals surface area contributed by atoms with E-state index >= 15 is 0 Å². The van der Waals surface area contributed by atoms with Gasteiger partial charge in [0, 0.05) is 31.7 Å². The summed E-state index contributed by atoms with van der Waals surface area (Å²) in [6.45, 7) is 1.27. The van der Waals surface area contributed by atoms with Gasteiger partial charge in [0.25, 0.3) is 0 Å². The zero-order chi connectivity index (χ0) is 22.0. The first-order valence-corrected chi connectivity index (χ1v) is 11.3. The van der Waals surface area contributed by atoms with Crippen molar-refractivity contribution in [2.45, 2.75) is 11.3 Å². The average molecular weight is 447 g/mol. The SMILES string of the molecule is O=C(Nc1cccc(S(=O)(=O)N2CCOCC2)c1)C1CC(=O)N(c2ccccc2F)C1. The van der Waals surface area contributed by atoms with Crippen LogP contribution in [0.5, 0.6) is 0 Å². The van der Waals surface area contributed by atoms with Gasteiger partial charge >= 0.3 is 0 Å². The molecule has 0 aromatic heterocycles. The molecule has 0 spiro atoms. The lowest BCUT2D eigenvalue weighted by molar-refractivity contribution is -0.122. The summed E-state index contributed by atoms with van der Waals surface area (Å²) in [5.41, 5.74) is 0.456. The Hall–Kier alpha value is -2.82. The molecule has 8 nitrogen and oxygen atoms in total. The number of carbonyl (C=O) groups excluding carboxylic acids is 2. The largest absolute Gasteiger partial charge is 0.379 e. The molecule has 164 valence electrons. The maximum absolute atomic E-state index is 14.0. The molecule has 2 aliphatic rings. The summed E-state index contributed by atoms with van der Waals surface area (Å²) in [5.74, 6) is -1.97. The van der Waals surface area contributed by atoms with E-state index in [-0.39, 0.29) is 42.5 Å². The van der Waals surface area contributed by atoms with Gasteiger partial charge in [-0.3, -0.25) is 9.59 Å². The fraction of sp³-hybridized carbons (Fsp3) is 0.333. The van der Waals surface area contributed by atoms with E-state index < -0.39 is 27.7 Å². The molecule has 2 aromatic rings. The second kappa shape index (κ2) is 8.74. The molecule has 2 saturated heterocycles. The van der Waals surface area contributed by atoms with Crippen LogP contribution in [0.3, 0.4) is 0 Å². The monoisotopic (exact) mass is 447 g/mol. The van der Waals surface area contributed by atoms with Crippen LogP contribution in [0, 0.1) is 11.7 Å². The van der Waals surface area contributed by atoms with Crippen LogP contribution in [-0.2, 0) is 24.3 Å². The number of amides is 2. The van der Waals surface area contributed by atoms with Crippen LogP contribution in [0.4, 0.5) is 15.8 Å². The predicted molar refractivity (Wildman–Crippen MR) is 112 cm³/mol. The van der Waals surface area contributed by atoms with Crippen molar-refractivity contribution in [1.29, 1.82) is 0 Å². The first kappa shape index (κ1) is 21.4. The van der Waals surface area contributed by atoms with Crippen molar-refractivity contribution in [2.75, 3.05) is 43.1 Å². The molecule has 31 heavy (non-hydrogen) atoms. The summed E-state index contributed by atoms with van der Waals surface area (Å²) >= 11 is 0. The Morgan fingerprint density at radius 1 is 1.10 bits per heavy atom. The zero-order valence-electron chi connectivity index (χ0n) is 16.7. The second-order valence-corrected chi connectivity index (χ2v) is 9.33. The number of nitrogens with one attached hydrogen (secondary N) is 1. The van der Waals surface area contributed by atoms with E-state index in [1.165, 1.54) is 39.5 Å². The van der Waals surface area contributed by atoms with E-state index in [1.54, 1.807) is 18.2 Å². The summed E-state index contributed by atoms with van der Waals surface area (Å²) < 4.78 is 46.2. The molecule has 10 heteroatoms. The van der Waals surface area contributed by atoms with E-state index in [4.69, 9.17) is 4.74 Å². The highest BCUT2D eigenvalue weighted by Gasteiger charge is 2.36. The quantitative estimate of drug-likeness (QED) is 0.755. The molecule has 2 heterocycles. The molecule has 1 N–H and O–H groups in total. The van der Waals surface area contributed by atoms with Gasteiger partial charge in [0.1, 0.15) is 5.82 Å². The molecular formula is C21H22FN3O5S. The number of hydrogen-bond acceptors (Lipinski definition) is 5. The lowest BCUT2D eigenvalue weighted by Gasteiger charge is -2.26. The molecule has 1 atom stereocenters. The number of benzene rings is 2. The molecule has 0 saturated carbocycles. The average Bonchev–Trinajstić information content (AvgIpc) is 3.16. The summed E-state index contributed by atoms with van der Waals surface area (Å²) in [7, 11) is -3.70. The van der Waals surface area contributed by atoms with Gasteiger partial charge in [-0.05, 0) is 30.3 Å². The minimum absolute atomic E-state index is 0.0497. The Labute approximate surface area is 179 Å². The fourth-order valence-corrected chi connectivity index (χ4v) is 5.16. The topological polar surface area (TPSA) is 96.0 Å². The van der Waals surface area contributed by atoms with Crippen molar-refractivity contribution >= 4 is 33.2 Å². The van der Waals surface area contributed by atoms with Gasteiger partial charge in [0.2, 0.25) is 21.8 Å². The summed E-state index contributed by atoms with van der Waals surface area (Å²) in [5, 5.41) is 2.69. The highest BCUT2D eigenvalue weighted by molar-refractivity contribution is 7.89. The highest BCUT2D eigenvalue weighted by atomic mass is 32.2. The Morgan fingerprint density at radius 2 is 1.84 bits per heavy atom. The number of para-hydroxylation sites is 1. The van der Waals surface area contributed by atoms with Crippen molar-refractivity contribution < 1.29 is 27.1 Å². The van der Waals surface area contributed by atoms with Crippen LogP contribution in [-0.4, -0.2) is 57.4 Å². The maximum atomic E-state index is 14.0. The minimum Gasteiger partial charge on any atom is -0.379 e. The van der Waals surface area contributed by atoms with Crippen LogP contribution >= 0.6 is 0 Å². The zero-order valence-corrected chi connectivity index (χ0v) is 17.5.